The van der Waals surface area contributed by atoms with Gasteiger partial charge in [-0.05, 0) is 26.5 Å². The Balaban J connectivity index is 2.62. The molecule has 0 fully saturated rings. The molecule has 0 spiro atoms. The maximum absolute atomic E-state index is 13.7. The molecule has 1 aromatic rings. The molecular weight excluding hydrogens is 233 g/mol. The lowest BCUT2D eigenvalue weighted by Gasteiger charge is -2.17. The highest BCUT2D eigenvalue weighted by Crippen LogP contribution is 2.27. The zero-order valence-electron chi connectivity index (χ0n) is 11.3. The number of halogens is 1. The van der Waals surface area contributed by atoms with Crippen LogP contribution in [0.15, 0.2) is 18.2 Å². The summed E-state index contributed by atoms with van der Waals surface area (Å²) in [5, 5.41) is 3.08. The summed E-state index contributed by atoms with van der Waals surface area (Å²) in [5.41, 5.74) is 0.827. The lowest BCUT2D eigenvalue weighted by Crippen LogP contribution is -2.16. The summed E-state index contributed by atoms with van der Waals surface area (Å²) in [4.78, 5) is 0. The average molecular weight is 255 g/mol. The lowest BCUT2D eigenvalue weighted by atomic mass is 10.1. The van der Waals surface area contributed by atoms with Gasteiger partial charge in [-0.15, -0.1) is 0 Å². The third-order valence-electron chi connectivity index (χ3n) is 2.72. The van der Waals surface area contributed by atoms with Crippen molar-refractivity contribution in [3.8, 4) is 5.75 Å². The van der Waals surface area contributed by atoms with E-state index in [1.165, 1.54) is 6.07 Å². The van der Waals surface area contributed by atoms with Crippen molar-refractivity contribution in [3.63, 3.8) is 0 Å². The van der Waals surface area contributed by atoms with Gasteiger partial charge < -0.3 is 14.8 Å². The second-order valence-corrected chi connectivity index (χ2v) is 4.13. The Morgan fingerprint density at radius 1 is 1.28 bits per heavy atom. The second kappa shape index (κ2) is 8.06. The molecule has 0 amide bonds. The summed E-state index contributed by atoms with van der Waals surface area (Å²) in [7, 11) is 1.84. The summed E-state index contributed by atoms with van der Waals surface area (Å²) < 4.78 is 24.5. The highest BCUT2D eigenvalue weighted by atomic mass is 19.1. The Hall–Kier alpha value is -1.13. The molecule has 0 bridgehead atoms. The standard InChI is InChI=1S/C14H22FNO2/c1-4-8-17-9-10-18-14-12(11(2)16-3)6-5-7-13(14)15/h5-7,11,16H,4,8-10H2,1-3H3. The third kappa shape index (κ3) is 4.27. The minimum Gasteiger partial charge on any atom is -0.488 e. The van der Waals surface area contributed by atoms with Gasteiger partial charge in [-0.25, -0.2) is 4.39 Å². The fourth-order valence-corrected chi connectivity index (χ4v) is 1.62. The van der Waals surface area contributed by atoms with E-state index in [0.717, 1.165) is 12.0 Å². The van der Waals surface area contributed by atoms with E-state index >= 15 is 0 Å². The van der Waals surface area contributed by atoms with Crippen LogP contribution in [0.3, 0.4) is 0 Å². The van der Waals surface area contributed by atoms with Crippen LogP contribution in [0.5, 0.6) is 5.75 Å². The molecule has 1 atom stereocenters. The number of hydrogen-bond donors (Lipinski definition) is 1. The Labute approximate surface area is 108 Å². The minimum atomic E-state index is -0.329. The van der Waals surface area contributed by atoms with Gasteiger partial charge in [0.2, 0.25) is 0 Å². The van der Waals surface area contributed by atoms with E-state index in [9.17, 15) is 4.39 Å². The van der Waals surface area contributed by atoms with Gasteiger partial charge in [0.05, 0.1) is 6.61 Å². The average Bonchev–Trinajstić information content (AvgIpc) is 2.39. The van der Waals surface area contributed by atoms with Gasteiger partial charge in [0.15, 0.2) is 11.6 Å². The molecule has 0 aliphatic heterocycles. The zero-order chi connectivity index (χ0) is 13.4. The lowest BCUT2D eigenvalue weighted by molar-refractivity contribution is 0.0986. The highest BCUT2D eigenvalue weighted by molar-refractivity contribution is 5.37. The molecule has 1 aromatic carbocycles. The molecule has 0 saturated heterocycles. The SMILES string of the molecule is CCCOCCOc1c(F)cccc1C(C)NC. The van der Waals surface area contributed by atoms with Gasteiger partial charge in [-0.3, -0.25) is 0 Å². The number of para-hydroxylation sites is 1. The van der Waals surface area contributed by atoms with Gasteiger partial charge in [-0.2, -0.15) is 0 Å². The summed E-state index contributed by atoms with van der Waals surface area (Å²) in [6.45, 7) is 5.57. The predicted molar refractivity (Wildman–Crippen MR) is 70.5 cm³/mol. The number of nitrogens with one attached hydrogen (secondary N) is 1. The third-order valence-corrected chi connectivity index (χ3v) is 2.72. The van der Waals surface area contributed by atoms with Gasteiger partial charge in [0.25, 0.3) is 0 Å². The molecule has 0 aliphatic rings. The van der Waals surface area contributed by atoms with Crippen LogP contribution in [0, 0.1) is 5.82 Å². The van der Waals surface area contributed by atoms with Crippen LogP contribution in [-0.2, 0) is 4.74 Å². The van der Waals surface area contributed by atoms with Crippen LogP contribution < -0.4 is 10.1 Å². The Bertz CT molecular complexity index is 358. The first-order valence-electron chi connectivity index (χ1n) is 6.36. The Morgan fingerprint density at radius 3 is 2.72 bits per heavy atom. The summed E-state index contributed by atoms with van der Waals surface area (Å²) in [6, 6.07) is 5.02. The van der Waals surface area contributed by atoms with Crippen LogP contribution in [-0.4, -0.2) is 26.9 Å². The molecule has 0 aromatic heterocycles. The van der Waals surface area contributed by atoms with E-state index < -0.39 is 0 Å². The molecule has 0 radical (unpaired) electrons. The second-order valence-electron chi connectivity index (χ2n) is 4.13. The van der Waals surface area contributed by atoms with Crippen LogP contribution >= 0.6 is 0 Å². The predicted octanol–water partition coefficient (Wildman–Crippen LogP) is 2.91. The zero-order valence-corrected chi connectivity index (χ0v) is 11.3. The molecule has 3 nitrogen and oxygen atoms in total. The largest absolute Gasteiger partial charge is 0.488 e. The van der Waals surface area contributed by atoms with E-state index in [4.69, 9.17) is 9.47 Å². The normalized spacial score (nSPS) is 12.4. The molecule has 1 unspecified atom stereocenters. The fraction of sp³-hybridized carbons (Fsp3) is 0.571. The summed E-state index contributed by atoms with van der Waals surface area (Å²) in [5.74, 6) is -0.00969. The monoisotopic (exact) mass is 255 g/mol. The number of ether oxygens (including phenoxy) is 2. The van der Waals surface area contributed by atoms with Crippen molar-refractivity contribution < 1.29 is 13.9 Å². The van der Waals surface area contributed by atoms with Gasteiger partial charge in [-0.1, -0.05) is 19.1 Å². The first-order valence-corrected chi connectivity index (χ1v) is 6.36. The van der Waals surface area contributed by atoms with Gasteiger partial charge in [0, 0.05) is 18.2 Å². The van der Waals surface area contributed by atoms with Crippen molar-refractivity contribution in [1.29, 1.82) is 0 Å². The first-order chi connectivity index (χ1) is 8.70. The van der Waals surface area contributed by atoms with Crippen LogP contribution in [0.4, 0.5) is 4.39 Å². The van der Waals surface area contributed by atoms with Crippen LogP contribution in [0.1, 0.15) is 31.9 Å². The quantitative estimate of drug-likeness (QED) is 0.724. The van der Waals surface area contributed by atoms with E-state index in [0.29, 0.717) is 25.6 Å². The molecule has 1 rings (SSSR count). The topological polar surface area (TPSA) is 30.5 Å². The Kier molecular flexibility index (Phi) is 6.68. The van der Waals surface area contributed by atoms with Crippen molar-refractivity contribution in [3.05, 3.63) is 29.6 Å². The summed E-state index contributed by atoms with van der Waals surface area (Å²) in [6.07, 6.45) is 0.974. The number of benzene rings is 1. The molecule has 0 saturated carbocycles. The van der Waals surface area contributed by atoms with E-state index in [1.807, 2.05) is 27.0 Å². The maximum Gasteiger partial charge on any atom is 0.165 e. The molecule has 0 aliphatic carbocycles. The van der Waals surface area contributed by atoms with Crippen molar-refractivity contribution >= 4 is 0 Å². The van der Waals surface area contributed by atoms with Crippen molar-refractivity contribution in [1.82, 2.24) is 5.32 Å². The number of hydrogen-bond acceptors (Lipinski definition) is 3. The van der Waals surface area contributed by atoms with E-state index in [2.05, 4.69) is 5.32 Å². The van der Waals surface area contributed by atoms with Gasteiger partial charge in [0.1, 0.15) is 6.61 Å². The van der Waals surface area contributed by atoms with Crippen molar-refractivity contribution in [2.24, 2.45) is 0 Å². The van der Waals surface area contributed by atoms with Crippen LogP contribution in [0.25, 0.3) is 0 Å². The maximum atomic E-state index is 13.7. The van der Waals surface area contributed by atoms with Crippen LogP contribution in [0.2, 0.25) is 0 Å². The molecule has 1 N–H and O–H groups in total. The first kappa shape index (κ1) is 14.9. The molecule has 4 heteroatoms. The van der Waals surface area contributed by atoms with Crippen molar-refractivity contribution in [2.75, 3.05) is 26.9 Å². The smallest absolute Gasteiger partial charge is 0.165 e. The van der Waals surface area contributed by atoms with E-state index in [-0.39, 0.29) is 11.9 Å². The Morgan fingerprint density at radius 2 is 2.06 bits per heavy atom. The fourth-order valence-electron chi connectivity index (χ4n) is 1.62. The number of rotatable bonds is 8. The molecule has 18 heavy (non-hydrogen) atoms. The van der Waals surface area contributed by atoms with E-state index in [1.54, 1.807) is 6.07 Å². The molecular formula is C14H22FNO2. The summed E-state index contributed by atoms with van der Waals surface area (Å²) >= 11 is 0. The van der Waals surface area contributed by atoms with Crippen molar-refractivity contribution in [2.45, 2.75) is 26.3 Å². The molecule has 0 heterocycles. The highest BCUT2D eigenvalue weighted by Gasteiger charge is 2.14. The molecule has 102 valence electrons. The minimum absolute atomic E-state index is 0.0484. The van der Waals surface area contributed by atoms with Gasteiger partial charge >= 0.3 is 0 Å².